The first-order valence-electron chi connectivity index (χ1n) is 10.3. The first-order chi connectivity index (χ1) is 14.6. The fourth-order valence-corrected chi connectivity index (χ4v) is 3.62. The lowest BCUT2D eigenvalue weighted by Gasteiger charge is -2.33. The minimum Gasteiger partial charge on any atom is -0.497 e. The third-order valence-electron chi connectivity index (χ3n) is 5.37. The largest absolute Gasteiger partial charge is 0.497 e. The Hall–Kier alpha value is -2.42. The predicted molar refractivity (Wildman–Crippen MR) is 110 cm³/mol. The third-order valence-corrected chi connectivity index (χ3v) is 5.37. The van der Waals surface area contributed by atoms with Gasteiger partial charge in [-0.05, 0) is 30.5 Å². The van der Waals surface area contributed by atoms with Crippen LogP contribution in [0.3, 0.4) is 0 Å². The summed E-state index contributed by atoms with van der Waals surface area (Å²) >= 11 is 0. The van der Waals surface area contributed by atoms with Gasteiger partial charge in [-0.2, -0.15) is 0 Å². The zero-order chi connectivity index (χ0) is 21.3. The van der Waals surface area contributed by atoms with Crippen molar-refractivity contribution < 1.29 is 28.9 Å². The van der Waals surface area contributed by atoms with Gasteiger partial charge in [-0.15, -0.1) is 0 Å². The molecule has 3 N–H and O–H groups in total. The van der Waals surface area contributed by atoms with Crippen molar-refractivity contribution in [1.29, 1.82) is 0 Å². The monoisotopic (exact) mass is 418 g/mol. The van der Waals surface area contributed by atoms with Crippen molar-refractivity contribution in [2.75, 3.05) is 26.9 Å². The van der Waals surface area contributed by atoms with E-state index in [0.29, 0.717) is 32.6 Å². The zero-order valence-electron chi connectivity index (χ0n) is 17.2. The van der Waals surface area contributed by atoms with Crippen LogP contribution in [-0.2, 0) is 25.6 Å². The van der Waals surface area contributed by atoms with Gasteiger partial charge in [-0.1, -0.05) is 24.3 Å². The van der Waals surface area contributed by atoms with Crippen LogP contribution in [0.25, 0.3) is 0 Å². The first kappa shape index (κ1) is 22.3. The molecule has 1 saturated heterocycles. The summed E-state index contributed by atoms with van der Waals surface area (Å²) < 4.78 is 16.3. The second kappa shape index (κ2) is 11.1. The standard InChI is InChI=1S/C22H30N2O6/c1-28-17-4-2-3-15(11-17)13-23-21(26)12-18-5-6-19(20(14-25)30-18)24-22(27)16-7-9-29-10-8-16/h2-6,11,16,18-20,25H,7-10,12-14H2,1H3,(H,23,26)(H,24,27)/t18-,19+,20-/m1/s1. The molecule has 2 heterocycles. The maximum Gasteiger partial charge on any atom is 0.223 e. The highest BCUT2D eigenvalue weighted by atomic mass is 16.5. The molecule has 0 spiro atoms. The van der Waals surface area contributed by atoms with Gasteiger partial charge in [0.25, 0.3) is 0 Å². The Morgan fingerprint density at radius 3 is 2.77 bits per heavy atom. The number of aliphatic hydroxyl groups excluding tert-OH is 1. The van der Waals surface area contributed by atoms with Crippen LogP contribution in [0.5, 0.6) is 5.75 Å². The quantitative estimate of drug-likeness (QED) is 0.543. The molecule has 1 aromatic carbocycles. The Labute approximate surface area is 176 Å². The van der Waals surface area contributed by atoms with Crippen LogP contribution in [0, 0.1) is 5.92 Å². The first-order valence-corrected chi connectivity index (χ1v) is 10.3. The molecule has 3 atom stereocenters. The number of nitrogens with one attached hydrogen (secondary N) is 2. The smallest absolute Gasteiger partial charge is 0.223 e. The lowest BCUT2D eigenvalue weighted by Crippen LogP contribution is -2.50. The summed E-state index contributed by atoms with van der Waals surface area (Å²) in [5.41, 5.74) is 0.937. The van der Waals surface area contributed by atoms with E-state index in [9.17, 15) is 14.7 Å². The Morgan fingerprint density at radius 1 is 1.23 bits per heavy atom. The lowest BCUT2D eigenvalue weighted by atomic mass is 9.97. The van der Waals surface area contributed by atoms with Gasteiger partial charge < -0.3 is 30.0 Å². The number of carbonyl (C=O) groups excluding carboxylic acids is 2. The molecule has 8 heteroatoms. The van der Waals surface area contributed by atoms with Crippen LogP contribution < -0.4 is 15.4 Å². The van der Waals surface area contributed by atoms with E-state index in [-0.39, 0.29) is 30.8 Å². The molecule has 3 rings (SSSR count). The summed E-state index contributed by atoms with van der Waals surface area (Å²) in [6, 6.07) is 7.08. The highest BCUT2D eigenvalue weighted by Gasteiger charge is 2.31. The van der Waals surface area contributed by atoms with Crippen LogP contribution in [-0.4, -0.2) is 62.1 Å². The van der Waals surface area contributed by atoms with Crippen LogP contribution in [0.4, 0.5) is 0 Å². The average molecular weight is 418 g/mol. The number of benzene rings is 1. The van der Waals surface area contributed by atoms with E-state index in [0.717, 1.165) is 11.3 Å². The highest BCUT2D eigenvalue weighted by molar-refractivity contribution is 5.79. The van der Waals surface area contributed by atoms with E-state index < -0.39 is 18.2 Å². The van der Waals surface area contributed by atoms with Crippen molar-refractivity contribution in [2.24, 2.45) is 5.92 Å². The number of rotatable bonds is 8. The number of aliphatic hydroxyl groups is 1. The molecule has 0 radical (unpaired) electrons. The van der Waals surface area contributed by atoms with Gasteiger partial charge in [0.15, 0.2) is 0 Å². The minimum absolute atomic E-state index is 0.0514. The van der Waals surface area contributed by atoms with Gasteiger partial charge in [0.2, 0.25) is 11.8 Å². The normalized spacial score (nSPS) is 24.3. The molecule has 0 unspecified atom stereocenters. The van der Waals surface area contributed by atoms with E-state index >= 15 is 0 Å². The molecular formula is C22H30N2O6. The number of hydrogen-bond donors (Lipinski definition) is 3. The molecule has 164 valence electrons. The van der Waals surface area contributed by atoms with Gasteiger partial charge in [-0.3, -0.25) is 9.59 Å². The van der Waals surface area contributed by atoms with Crippen molar-refractivity contribution in [1.82, 2.24) is 10.6 Å². The van der Waals surface area contributed by atoms with E-state index in [1.54, 1.807) is 13.2 Å². The zero-order valence-corrected chi connectivity index (χ0v) is 17.2. The predicted octanol–water partition coefficient (Wildman–Crippen LogP) is 0.929. The molecule has 1 fully saturated rings. The summed E-state index contributed by atoms with van der Waals surface area (Å²) in [7, 11) is 1.60. The lowest BCUT2D eigenvalue weighted by molar-refractivity contribution is -0.132. The molecule has 0 aliphatic carbocycles. The number of ether oxygens (including phenoxy) is 3. The topological polar surface area (TPSA) is 106 Å². The molecule has 0 saturated carbocycles. The summed E-state index contributed by atoms with van der Waals surface area (Å²) in [4.78, 5) is 24.7. The summed E-state index contributed by atoms with van der Waals surface area (Å²) in [6.45, 7) is 1.32. The summed E-state index contributed by atoms with van der Waals surface area (Å²) in [6.07, 6.45) is 4.07. The number of hydrogen-bond acceptors (Lipinski definition) is 6. The van der Waals surface area contributed by atoms with Gasteiger partial charge in [0.1, 0.15) is 11.9 Å². The molecular weight excluding hydrogens is 388 g/mol. The number of methoxy groups -OCH3 is 1. The highest BCUT2D eigenvalue weighted by Crippen LogP contribution is 2.19. The van der Waals surface area contributed by atoms with Crippen LogP contribution >= 0.6 is 0 Å². The molecule has 8 nitrogen and oxygen atoms in total. The molecule has 0 aromatic heterocycles. The van der Waals surface area contributed by atoms with E-state index in [1.807, 2.05) is 30.3 Å². The van der Waals surface area contributed by atoms with Crippen molar-refractivity contribution in [3.05, 3.63) is 42.0 Å². The average Bonchev–Trinajstić information content (AvgIpc) is 2.79. The SMILES string of the molecule is COc1cccc(CNC(=O)C[C@H]2C=C[C@H](NC(=O)C3CCOCC3)[C@@H](CO)O2)c1. The van der Waals surface area contributed by atoms with Crippen molar-refractivity contribution in [3.63, 3.8) is 0 Å². The molecule has 30 heavy (non-hydrogen) atoms. The maximum absolute atomic E-state index is 12.4. The van der Waals surface area contributed by atoms with Gasteiger partial charge >= 0.3 is 0 Å². The van der Waals surface area contributed by atoms with Crippen LogP contribution in [0.15, 0.2) is 36.4 Å². The van der Waals surface area contributed by atoms with Gasteiger partial charge in [-0.25, -0.2) is 0 Å². The van der Waals surface area contributed by atoms with Crippen molar-refractivity contribution in [2.45, 2.75) is 44.1 Å². The van der Waals surface area contributed by atoms with Crippen LogP contribution in [0.2, 0.25) is 0 Å². The number of carbonyl (C=O) groups is 2. The second-order valence-corrected chi connectivity index (χ2v) is 7.53. The van der Waals surface area contributed by atoms with Gasteiger partial charge in [0.05, 0.1) is 32.3 Å². The summed E-state index contributed by atoms with van der Waals surface area (Å²) in [5, 5.41) is 15.5. The van der Waals surface area contributed by atoms with Crippen LogP contribution in [0.1, 0.15) is 24.8 Å². The molecule has 0 bridgehead atoms. The van der Waals surface area contributed by atoms with E-state index in [1.165, 1.54) is 0 Å². The molecule has 2 aliphatic heterocycles. The fourth-order valence-electron chi connectivity index (χ4n) is 3.62. The second-order valence-electron chi connectivity index (χ2n) is 7.53. The molecule has 1 aromatic rings. The molecule has 2 aliphatic rings. The third kappa shape index (κ3) is 6.29. The fraction of sp³-hybridized carbons (Fsp3) is 0.545. The maximum atomic E-state index is 12.4. The van der Waals surface area contributed by atoms with Gasteiger partial charge in [0, 0.05) is 25.7 Å². The van der Waals surface area contributed by atoms with E-state index in [4.69, 9.17) is 14.2 Å². The van der Waals surface area contributed by atoms with Crippen molar-refractivity contribution >= 4 is 11.8 Å². The number of amides is 2. The minimum atomic E-state index is -0.588. The Bertz CT molecular complexity index is 747. The summed E-state index contributed by atoms with van der Waals surface area (Å²) in [5.74, 6) is 0.449. The molecule has 2 amide bonds. The van der Waals surface area contributed by atoms with E-state index in [2.05, 4.69) is 10.6 Å². The Morgan fingerprint density at radius 2 is 2.03 bits per heavy atom. The van der Waals surface area contributed by atoms with Crippen molar-refractivity contribution in [3.8, 4) is 5.75 Å². The Balaban J connectivity index is 1.48. The Kier molecular flexibility index (Phi) is 8.24.